The highest BCUT2D eigenvalue weighted by atomic mass is 79.9. The summed E-state index contributed by atoms with van der Waals surface area (Å²) in [5.74, 6) is 5.69. The molecule has 0 amide bonds. The molecular weight excluding hydrogens is 363 g/mol. The third kappa shape index (κ3) is 3.24. The maximum atomic E-state index is 6.02. The van der Waals surface area contributed by atoms with Gasteiger partial charge < -0.3 is 4.74 Å². The van der Waals surface area contributed by atoms with E-state index >= 15 is 0 Å². The largest absolute Gasteiger partial charge is 0.485 e. The minimum absolute atomic E-state index is 0.247. The Morgan fingerprint density at radius 1 is 1.33 bits per heavy atom. The highest BCUT2D eigenvalue weighted by Gasteiger charge is 2.09. The number of hydrazine groups is 1. The van der Waals surface area contributed by atoms with Crippen LogP contribution in [0.25, 0.3) is 0 Å². The fourth-order valence-corrected chi connectivity index (χ4v) is 2.53. The lowest BCUT2D eigenvalue weighted by molar-refractivity contribution is 0.304. The Kier molecular flexibility index (Phi) is 4.63. The van der Waals surface area contributed by atoms with Crippen molar-refractivity contribution in [3.63, 3.8) is 0 Å². The standard InChI is InChI=1S/C9H7BrCl2N4OS/c10-4-1-6(12)7(2-5(4)11)17-3-8-15-16-9(14-13)18-8/h1-2H,3,13H2,(H,14,16). The number of halogens is 3. The summed E-state index contributed by atoms with van der Waals surface area (Å²) in [4.78, 5) is 0. The van der Waals surface area contributed by atoms with E-state index in [-0.39, 0.29) is 6.61 Å². The van der Waals surface area contributed by atoms with Crippen molar-refractivity contribution in [2.45, 2.75) is 6.61 Å². The lowest BCUT2D eigenvalue weighted by Gasteiger charge is -2.07. The van der Waals surface area contributed by atoms with Crippen LogP contribution in [-0.2, 0) is 6.61 Å². The maximum absolute atomic E-state index is 6.02. The van der Waals surface area contributed by atoms with Gasteiger partial charge in [0.2, 0.25) is 5.13 Å². The molecule has 0 bridgehead atoms. The van der Waals surface area contributed by atoms with E-state index in [1.165, 1.54) is 11.3 Å². The normalized spacial score (nSPS) is 10.4. The Hall–Kier alpha value is -0.600. The van der Waals surface area contributed by atoms with E-state index in [2.05, 4.69) is 31.6 Å². The minimum atomic E-state index is 0.247. The van der Waals surface area contributed by atoms with E-state index in [1.54, 1.807) is 12.1 Å². The highest BCUT2D eigenvalue weighted by molar-refractivity contribution is 9.10. The quantitative estimate of drug-likeness (QED) is 0.490. The van der Waals surface area contributed by atoms with Crippen molar-refractivity contribution in [1.82, 2.24) is 10.2 Å². The van der Waals surface area contributed by atoms with Crippen molar-refractivity contribution in [3.8, 4) is 5.75 Å². The van der Waals surface area contributed by atoms with E-state index in [0.717, 1.165) is 0 Å². The van der Waals surface area contributed by atoms with Gasteiger partial charge in [-0.2, -0.15) is 0 Å². The molecule has 1 aromatic heterocycles. The summed E-state index contributed by atoms with van der Waals surface area (Å²) >= 11 is 16.5. The molecule has 2 aromatic rings. The van der Waals surface area contributed by atoms with Gasteiger partial charge in [-0.15, -0.1) is 10.2 Å². The van der Waals surface area contributed by atoms with Gasteiger partial charge >= 0.3 is 0 Å². The van der Waals surface area contributed by atoms with Gasteiger partial charge in [-0.1, -0.05) is 34.5 Å². The molecule has 0 atom stereocenters. The van der Waals surface area contributed by atoms with Gasteiger partial charge in [0.15, 0.2) is 5.01 Å². The molecule has 0 aliphatic heterocycles. The Morgan fingerprint density at radius 2 is 2.11 bits per heavy atom. The van der Waals surface area contributed by atoms with Crippen LogP contribution in [0.5, 0.6) is 5.75 Å². The first-order chi connectivity index (χ1) is 8.60. The van der Waals surface area contributed by atoms with Crippen LogP contribution in [-0.4, -0.2) is 10.2 Å². The van der Waals surface area contributed by atoms with Gasteiger partial charge in [-0.3, -0.25) is 5.43 Å². The summed E-state index contributed by atoms with van der Waals surface area (Å²) in [6.07, 6.45) is 0. The second-order valence-corrected chi connectivity index (χ2v) is 5.86. The summed E-state index contributed by atoms with van der Waals surface area (Å²) in [7, 11) is 0. The summed E-state index contributed by atoms with van der Waals surface area (Å²) in [6, 6.07) is 3.31. The maximum Gasteiger partial charge on any atom is 0.219 e. The molecule has 0 aliphatic rings. The number of hydrogen-bond acceptors (Lipinski definition) is 6. The molecule has 1 aromatic carbocycles. The van der Waals surface area contributed by atoms with E-state index < -0.39 is 0 Å². The van der Waals surface area contributed by atoms with Gasteiger partial charge in [0.05, 0.1) is 10.0 Å². The summed E-state index contributed by atoms with van der Waals surface area (Å²) in [6.45, 7) is 0.247. The van der Waals surface area contributed by atoms with Gasteiger partial charge in [-0.05, 0) is 22.0 Å². The van der Waals surface area contributed by atoms with Crippen LogP contribution in [0.3, 0.4) is 0 Å². The number of ether oxygens (including phenoxy) is 1. The van der Waals surface area contributed by atoms with Gasteiger partial charge in [0.25, 0.3) is 0 Å². The minimum Gasteiger partial charge on any atom is -0.485 e. The first-order valence-electron chi connectivity index (χ1n) is 4.66. The number of aromatic nitrogens is 2. The number of nitrogens with two attached hydrogens (primary N) is 1. The van der Waals surface area contributed by atoms with Crippen LogP contribution in [0, 0.1) is 0 Å². The smallest absolute Gasteiger partial charge is 0.219 e. The molecule has 0 saturated carbocycles. The Labute approximate surface area is 125 Å². The third-order valence-electron chi connectivity index (χ3n) is 1.92. The van der Waals surface area contributed by atoms with E-state index in [4.69, 9.17) is 33.8 Å². The predicted molar refractivity (Wildman–Crippen MR) is 76.2 cm³/mol. The molecule has 3 N–H and O–H groups in total. The van der Waals surface area contributed by atoms with Crippen molar-refractivity contribution in [3.05, 3.63) is 31.7 Å². The predicted octanol–water partition coefficient (Wildman–Crippen LogP) is 3.47. The first-order valence-corrected chi connectivity index (χ1v) is 7.03. The van der Waals surface area contributed by atoms with Crippen molar-refractivity contribution in [1.29, 1.82) is 0 Å². The number of benzene rings is 1. The lowest BCUT2D eigenvalue weighted by atomic mass is 10.3. The molecule has 0 saturated heterocycles. The third-order valence-corrected chi connectivity index (χ3v) is 4.24. The summed E-state index contributed by atoms with van der Waals surface area (Å²) in [5.41, 5.74) is 2.41. The average molecular weight is 370 g/mol. The molecule has 5 nitrogen and oxygen atoms in total. The SMILES string of the molecule is NNc1nnc(COc2cc(Cl)c(Br)cc2Cl)s1. The van der Waals surface area contributed by atoms with Gasteiger partial charge in [0, 0.05) is 10.5 Å². The van der Waals surface area contributed by atoms with Crippen molar-refractivity contribution < 1.29 is 4.74 Å². The van der Waals surface area contributed by atoms with Crippen LogP contribution in [0.2, 0.25) is 10.0 Å². The average Bonchev–Trinajstić information content (AvgIpc) is 2.80. The molecular formula is C9H7BrCl2N4OS. The van der Waals surface area contributed by atoms with E-state index in [0.29, 0.717) is 30.4 Å². The molecule has 2 rings (SSSR count). The molecule has 18 heavy (non-hydrogen) atoms. The molecule has 9 heteroatoms. The highest BCUT2D eigenvalue weighted by Crippen LogP contribution is 2.34. The van der Waals surface area contributed by atoms with Gasteiger partial charge in [0.1, 0.15) is 12.4 Å². The lowest BCUT2D eigenvalue weighted by Crippen LogP contribution is -2.05. The Balaban J connectivity index is 2.08. The molecule has 0 aliphatic carbocycles. The van der Waals surface area contributed by atoms with Crippen LogP contribution < -0.4 is 16.0 Å². The van der Waals surface area contributed by atoms with Crippen LogP contribution in [0.1, 0.15) is 5.01 Å². The van der Waals surface area contributed by atoms with Crippen molar-refractivity contribution >= 4 is 55.6 Å². The molecule has 96 valence electrons. The van der Waals surface area contributed by atoms with Crippen LogP contribution >= 0.6 is 50.5 Å². The number of anilines is 1. The van der Waals surface area contributed by atoms with Crippen molar-refractivity contribution in [2.24, 2.45) is 5.84 Å². The zero-order valence-electron chi connectivity index (χ0n) is 8.78. The topological polar surface area (TPSA) is 73.1 Å². The van der Waals surface area contributed by atoms with E-state index in [9.17, 15) is 0 Å². The number of nitrogen functional groups attached to an aromatic ring is 1. The number of hydrogen-bond donors (Lipinski definition) is 2. The fourth-order valence-electron chi connectivity index (χ4n) is 1.12. The van der Waals surface area contributed by atoms with Crippen LogP contribution in [0.4, 0.5) is 5.13 Å². The second kappa shape index (κ2) is 6.03. The molecule has 0 unspecified atom stereocenters. The summed E-state index contributed by atoms with van der Waals surface area (Å²) in [5, 5.41) is 9.86. The fraction of sp³-hybridized carbons (Fsp3) is 0.111. The molecule has 0 fully saturated rings. The zero-order chi connectivity index (χ0) is 13.1. The van der Waals surface area contributed by atoms with Crippen LogP contribution in [0.15, 0.2) is 16.6 Å². The number of rotatable bonds is 4. The number of nitrogens with one attached hydrogen (secondary N) is 1. The molecule has 0 radical (unpaired) electrons. The number of nitrogens with zero attached hydrogens (tertiary/aromatic N) is 2. The molecule has 1 heterocycles. The monoisotopic (exact) mass is 368 g/mol. The summed E-state index contributed by atoms with van der Waals surface area (Å²) < 4.78 is 6.23. The van der Waals surface area contributed by atoms with E-state index in [1.807, 2.05) is 0 Å². The Morgan fingerprint density at radius 3 is 2.78 bits per heavy atom. The molecule has 0 spiro atoms. The Bertz CT molecular complexity index is 565. The van der Waals surface area contributed by atoms with Crippen molar-refractivity contribution in [2.75, 3.05) is 5.43 Å². The van der Waals surface area contributed by atoms with Gasteiger partial charge in [-0.25, -0.2) is 5.84 Å². The second-order valence-electron chi connectivity index (χ2n) is 3.13. The first kappa shape index (κ1) is 13.8. The zero-order valence-corrected chi connectivity index (χ0v) is 12.7.